The van der Waals surface area contributed by atoms with Gasteiger partial charge in [-0.05, 0) is 55.9 Å². The number of para-hydroxylation sites is 1. The van der Waals surface area contributed by atoms with Gasteiger partial charge in [0.05, 0.1) is 4.90 Å². The van der Waals surface area contributed by atoms with Gasteiger partial charge in [0, 0.05) is 40.5 Å². The Morgan fingerprint density at radius 3 is 2.78 bits per heavy atom. The van der Waals surface area contributed by atoms with Crippen LogP contribution >= 0.6 is 0 Å². The highest BCUT2D eigenvalue weighted by Crippen LogP contribution is 2.33. The van der Waals surface area contributed by atoms with Gasteiger partial charge in [0.2, 0.25) is 10.0 Å². The lowest BCUT2D eigenvalue weighted by atomic mass is 9.96. The second-order valence-corrected chi connectivity index (χ2v) is 9.99. The Balaban J connectivity index is 1.37. The van der Waals surface area contributed by atoms with Crippen molar-refractivity contribution < 1.29 is 22.7 Å². The first kappa shape index (κ1) is 20.8. The van der Waals surface area contributed by atoms with E-state index in [0.717, 1.165) is 58.9 Å². The Hall–Kier alpha value is -3.10. The number of aryl methyl sites for hydroxylation is 3. The molecule has 1 atom stereocenters. The van der Waals surface area contributed by atoms with Crippen LogP contribution in [0.5, 0.6) is 0 Å². The first-order valence-corrected chi connectivity index (χ1v) is 12.2. The number of H-pyrrole nitrogens is 1. The molecule has 2 aromatic carbocycles. The van der Waals surface area contributed by atoms with E-state index < -0.39 is 22.0 Å². The van der Waals surface area contributed by atoms with Crippen molar-refractivity contribution in [3.63, 3.8) is 0 Å². The van der Waals surface area contributed by atoms with E-state index in [1.165, 1.54) is 12.1 Å². The van der Waals surface area contributed by atoms with Crippen LogP contribution < -0.4 is 4.72 Å². The van der Waals surface area contributed by atoms with E-state index in [1.54, 1.807) is 6.07 Å². The predicted octanol–water partition coefficient (Wildman–Crippen LogP) is 4.16. The molecule has 4 aromatic rings. The molecule has 1 aliphatic carbocycles. The van der Waals surface area contributed by atoms with Gasteiger partial charge >= 0.3 is 5.97 Å². The van der Waals surface area contributed by atoms with Crippen molar-refractivity contribution in [3.8, 4) is 0 Å². The highest BCUT2D eigenvalue weighted by molar-refractivity contribution is 7.89. The smallest absolute Gasteiger partial charge is 0.321 e. The number of carboxylic acid groups (broad SMARTS) is 1. The van der Waals surface area contributed by atoms with Crippen LogP contribution in [0, 0.1) is 0 Å². The van der Waals surface area contributed by atoms with Crippen LogP contribution in [0.1, 0.15) is 36.1 Å². The highest BCUT2D eigenvalue weighted by atomic mass is 32.2. The Morgan fingerprint density at radius 1 is 1.12 bits per heavy atom. The lowest BCUT2D eigenvalue weighted by molar-refractivity contribution is -0.139. The van der Waals surface area contributed by atoms with Gasteiger partial charge in [-0.15, -0.1) is 0 Å². The van der Waals surface area contributed by atoms with E-state index in [0.29, 0.717) is 12.0 Å². The van der Waals surface area contributed by atoms with Crippen molar-refractivity contribution in [1.82, 2.24) is 9.71 Å². The number of carboxylic acids is 1. The van der Waals surface area contributed by atoms with Crippen LogP contribution in [0.15, 0.2) is 58.0 Å². The Morgan fingerprint density at radius 2 is 1.94 bits per heavy atom. The SMILES string of the molecule is O=C(O)[C@@H](CCc1c[nH]c2ccccc12)NS(=O)(=O)c1ccc2c3c(oc2c1)CCCC3. The molecule has 0 spiro atoms. The molecule has 166 valence electrons. The summed E-state index contributed by atoms with van der Waals surface area (Å²) in [6, 6.07) is 11.3. The zero-order valence-corrected chi connectivity index (χ0v) is 18.2. The molecule has 8 heteroatoms. The molecule has 0 unspecified atom stereocenters. The Kier molecular flexibility index (Phi) is 5.27. The zero-order chi connectivity index (χ0) is 22.3. The summed E-state index contributed by atoms with van der Waals surface area (Å²) in [5.41, 5.74) is 3.61. The number of fused-ring (bicyclic) bond motifs is 4. The normalized spacial score (nSPS) is 15.1. The van der Waals surface area contributed by atoms with Crippen molar-refractivity contribution in [1.29, 1.82) is 0 Å². The first-order valence-electron chi connectivity index (χ1n) is 10.8. The second-order valence-electron chi connectivity index (χ2n) is 8.28. The number of carbonyl (C=O) groups is 1. The molecular weight excluding hydrogens is 428 g/mol. The summed E-state index contributed by atoms with van der Waals surface area (Å²) in [6.07, 6.45) is 6.35. The van der Waals surface area contributed by atoms with Crippen LogP contribution in [-0.2, 0) is 34.1 Å². The monoisotopic (exact) mass is 452 g/mol. The van der Waals surface area contributed by atoms with Gasteiger partial charge in [0.25, 0.3) is 0 Å². The van der Waals surface area contributed by atoms with E-state index in [2.05, 4.69) is 9.71 Å². The standard InChI is InChI=1S/C24H24N2O5S/c27-24(28)21(12-9-15-14-25-20-7-3-1-5-17(15)20)26-32(29,30)16-10-11-19-18-6-2-4-8-22(18)31-23(19)13-16/h1,3,5,7,10-11,13-14,21,25-26H,2,4,6,8-9,12H2,(H,27,28)/t21-/m1/s1. The minimum Gasteiger partial charge on any atom is -0.480 e. The van der Waals surface area contributed by atoms with Gasteiger partial charge < -0.3 is 14.5 Å². The molecule has 2 heterocycles. The van der Waals surface area contributed by atoms with Crippen LogP contribution in [0.4, 0.5) is 0 Å². The Labute approximate surface area is 185 Å². The number of hydrogen-bond acceptors (Lipinski definition) is 4. The van der Waals surface area contributed by atoms with Crippen molar-refractivity contribution >= 4 is 37.9 Å². The summed E-state index contributed by atoms with van der Waals surface area (Å²) in [6.45, 7) is 0. The van der Waals surface area contributed by atoms with E-state index >= 15 is 0 Å². The maximum absolute atomic E-state index is 13.0. The van der Waals surface area contributed by atoms with E-state index in [1.807, 2.05) is 30.5 Å². The summed E-state index contributed by atoms with van der Waals surface area (Å²) in [5.74, 6) is -0.279. The molecule has 0 radical (unpaired) electrons. The summed E-state index contributed by atoms with van der Waals surface area (Å²) in [7, 11) is -4.03. The number of sulfonamides is 1. The third-order valence-corrected chi connectivity index (χ3v) is 7.68. The quantitative estimate of drug-likeness (QED) is 0.390. The van der Waals surface area contributed by atoms with Crippen molar-refractivity contribution in [2.45, 2.75) is 49.5 Å². The molecule has 0 saturated heterocycles. The zero-order valence-electron chi connectivity index (χ0n) is 17.4. The number of furan rings is 1. The number of rotatable bonds is 7. The van der Waals surface area contributed by atoms with Crippen molar-refractivity contribution in [2.75, 3.05) is 0 Å². The number of hydrogen-bond donors (Lipinski definition) is 3. The predicted molar refractivity (Wildman–Crippen MR) is 121 cm³/mol. The number of aliphatic carboxylic acids is 1. The van der Waals surface area contributed by atoms with Gasteiger partial charge in [-0.1, -0.05) is 18.2 Å². The number of aromatic nitrogens is 1. The molecule has 32 heavy (non-hydrogen) atoms. The van der Waals surface area contributed by atoms with Gasteiger partial charge in [0.15, 0.2) is 0 Å². The van der Waals surface area contributed by atoms with E-state index in [9.17, 15) is 18.3 Å². The van der Waals surface area contributed by atoms with Crippen LogP contribution in [0.25, 0.3) is 21.9 Å². The maximum atomic E-state index is 13.0. The van der Waals surface area contributed by atoms with Gasteiger partial charge in [-0.2, -0.15) is 4.72 Å². The van der Waals surface area contributed by atoms with Gasteiger partial charge in [-0.3, -0.25) is 4.79 Å². The molecule has 0 saturated carbocycles. The minimum absolute atomic E-state index is 0.00874. The van der Waals surface area contributed by atoms with Crippen LogP contribution in [0.3, 0.4) is 0 Å². The van der Waals surface area contributed by atoms with Crippen LogP contribution in [-0.4, -0.2) is 30.5 Å². The second kappa shape index (κ2) is 8.11. The molecule has 0 aliphatic heterocycles. The summed E-state index contributed by atoms with van der Waals surface area (Å²) < 4.78 is 34.2. The number of aromatic amines is 1. The minimum atomic E-state index is -4.03. The molecule has 0 fully saturated rings. The first-order chi connectivity index (χ1) is 15.4. The van der Waals surface area contributed by atoms with Crippen LogP contribution in [0.2, 0.25) is 0 Å². The van der Waals surface area contributed by atoms with Gasteiger partial charge in [-0.25, -0.2) is 8.42 Å². The molecule has 3 N–H and O–H groups in total. The molecule has 7 nitrogen and oxygen atoms in total. The fourth-order valence-electron chi connectivity index (χ4n) is 4.54. The molecule has 0 bridgehead atoms. The van der Waals surface area contributed by atoms with E-state index in [4.69, 9.17) is 4.42 Å². The van der Waals surface area contributed by atoms with Crippen molar-refractivity contribution in [2.24, 2.45) is 0 Å². The molecule has 1 aliphatic rings. The third kappa shape index (κ3) is 3.80. The highest BCUT2D eigenvalue weighted by Gasteiger charge is 2.27. The lowest BCUT2D eigenvalue weighted by Gasteiger charge is -2.15. The fraction of sp³-hybridized carbons (Fsp3) is 0.292. The third-order valence-electron chi connectivity index (χ3n) is 6.21. The topological polar surface area (TPSA) is 112 Å². The largest absolute Gasteiger partial charge is 0.480 e. The summed E-state index contributed by atoms with van der Waals surface area (Å²) in [4.78, 5) is 15.0. The molecule has 0 amide bonds. The average molecular weight is 453 g/mol. The number of nitrogens with one attached hydrogen (secondary N) is 2. The Bertz CT molecular complexity index is 1420. The number of benzene rings is 2. The molecule has 2 aromatic heterocycles. The summed E-state index contributed by atoms with van der Waals surface area (Å²) >= 11 is 0. The van der Waals surface area contributed by atoms with Crippen molar-refractivity contribution in [3.05, 3.63) is 65.5 Å². The lowest BCUT2D eigenvalue weighted by Crippen LogP contribution is -2.41. The van der Waals surface area contributed by atoms with E-state index in [-0.39, 0.29) is 11.3 Å². The average Bonchev–Trinajstić information content (AvgIpc) is 3.37. The summed E-state index contributed by atoms with van der Waals surface area (Å²) in [5, 5.41) is 11.6. The fourth-order valence-corrected chi connectivity index (χ4v) is 5.78. The molecular formula is C24H24N2O5S. The van der Waals surface area contributed by atoms with Gasteiger partial charge in [0.1, 0.15) is 17.4 Å². The maximum Gasteiger partial charge on any atom is 0.321 e. The molecule has 5 rings (SSSR count).